The summed E-state index contributed by atoms with van der Waals surface area (Å²) in [4.78, 5) is 14.5. The maximum Gasteiger partial charge on any atom is 0.417 e. The monoisotopic (exact) mass is 352 g/mol. The third-order valence-corrected chi connectivity index (χ3v) is 4.62. The molecule has 0 atom stereocenters. The maximum absolute atomic E-state index is 11.9. The summed E-state index contributed by atoms with van der Waals surface area (Å²) in [6.45, 7) is 5.76. The average molecular weight is 352 g/mol. The fourth-order valence-electron chi connectivity index (χ4n) is 3.06. The van der Waals surface area contributed by atoms with Gasteiger partial charge in [-0.25, -0.2) is 4.79 Å². The molecule has 4 nitrogen and oxygen atoms in total. The molecule has 1 amide bonds. The minimum atomic E-state index is -0.470. The summed E-state index contributed by atoms with van der Waals surface area (Å²) in [7, 11) is 0. The molecule has 0 saturated heterocycles. The molecule has 1 N–H and O–H groups in total. The highest BCUT2D eigenvalue weighted by molar-refractivity contribution is 5.86. The molecule has 2 aromatic carbocycles. The molecule has 0 aliphatic heterocycles. The summed E-state index contributed by atoms with van der Waals surface area (Å²) in [6, 6.07) is 17.1. The van der Waals surface area contributed by atoms with Gasteiger partial charge < -0.3 is 9.64 Å². The number of para-hydroxylation sites is 1. The van der Waals surface area contributed by atoms with E-state index in [9.17, 15) is 4.79 Å². The molecule has 1 saturated carbocycles. The molecule has 4 heteroatoms. The molecule has 3 rings (SSSR count). The van der Waals surface area contributed by atoms with E-state index >= 15 is 0 Å². The van der Waals surface area contributed by atoms with Gasteiger partial charge in [0.15, 0.2) is 0 Å². The van der Waals surface area contributed by atoms with Crippen LogP contribution < -0.4 is 10.1 Å². The van der Waals surface area contributed by atoms with Crippen LogP contribution in [0, 0.1) is 5.92 Å². The molecule has 0 aromatic heterocycles. The van der Waals surface area contributed by atoms with Gasteiger partial charge in [0.25, 0.3) is 0 Å². The van der Waals surface area contributed by atoms with Crippen LogP contribution in [0.3, 0.4) is 0 Å². The van der Waals surface area contributed by atoms with Crippen molar-refractivity contribution in [1.82, 2.24) is 4.90 Å². The molecule has 0 heterocycles. The van der Waals surface area contributed by atoms with Crippen molar-refractivity contribution in [3.63, 3.8) is 0 Å². The lowest BCUT2D eigenvalue weighted by Gasteiger charge is -2.21. The van der Waals surface area contributed by atoms with Crippen LogP contribution in [0.5, 0.6) is 5.75 Å². The Morgan fingerprint density at radius 2 is 1.81 bits per heavy atom. The van der Waals surface area contributed by atoms with E-state index in [0.717, 1.165) is 24.6 Å². The van der Waals surface area contributed by atoms with Crippen molar-refractivity contribution >= 4 is 11.8 Å². The Hall–Kier alpha value is -2.33. The third-order valence-electron chi connectivity index (χ3n) is 4.62. The van der Waals surface area contributed by atoms with Gasteiger partial charge in [0.2, 0.25) is 0 Å². The number of hydrogen-bond acceptors (Lipinski definition) is 3. The standard InChI is InChI=1S/C22H28N2O2/c1-2-15-24(17-19-8-9-19)16-14-18-10-12-21(13-11-18)26-22(25)23-20-6-4-3-5-7-20/h3-7,10-13,19H,2,8-9,14-17H2,1H3,(H,23,25). The van der Waals surface area contributed by atoms with Crippen molar-refractivity contribution in [2.45, 2.75) is 32.6 Å². The summed E-state index contributed by atoms with van der Waals surface area (Å²) in [5.74, 6) is 1.49. The van der Waals surface area contributed by atoms with E-state index in [1.807, 2.05) is 54.6 Å². The quantitative estimate of drug-likeness (QED) is 0.693. The molecular formula is C22H28N2O2. The SMILES string of the molecule is CCCN(CCc1ccc(OC(=O)Nc2ccccc2)cc1)CC1CC1. The van der Waals surface area contributed by atoms with E-state index in [1.54, 1.807) is 0 Å². The molecule has 0 spiro atoms. The molecular weight excluding hydrogens is 324 g/mol. The van der Waals surface area contributed by atoms with Crippen molar-refractivity contribution in [2.24, 2.45) is 5.92 Å². The topological polar surface area (TPSA) is 41.6 Å². The van der Waals surface area contributed by atoms with Crippen molar-refractivity contribution in [1.29, 1.82) is 0 Å². The van der Waals surface area contributed by atoms with E-state index in [2.05, 4.69) is 17.1 Å². The van der Waals surface area contributed by atoms with Crippen LogP contribution in [0.2, 0.25) is 0 Å². The molecule has 1 aliphatic carbocycles. The number of ether oxygens (including phenoxy) is 1. The van der Waals surface area contributed by atoms with Gasteiger partial charge in [-0.15, -0.1) is 0 Å². The Kier molecular flexibility index (Phi) is 6.67. The molecule has 2 aromatic rings. The Labute approximate surface area is 156 Å². The summed E-state index contributed by atoms with van der Waals surface area (Å²) >= 11 is 0. The minimum Gasteiger partial charge on any atom is -0.410 e. The fraction of sp³-hybridized carbons (Fsp3) is 0.409. The summed E-state index contributed by atoms with van der Waals surface area (Å²) in [5.41, 5.74) is 2.00. The van der Waals surface area contributed by atoms with Crippen LogP contribution >= 0.6 is 0 Å². The number of amides is 1. The number of carbonyl (C=O) groups excluding carboxylic acids is 1. The molecule has 138 valence electrons. The highest BCUT2D eigenvalue weighted by Crippen LogP contribution is 2.29. The lowest BCUT2D eigenvalue weighted by Crippen LogP contribution is -2.29. The van der Waals surface area contributed by atoms with Crippen molar-refractivity contribution < 1.29 is 9.53 Å². The lowest BCUT2D eigenvalue weighted by molar-refractivity contribution is 0.215. The highest BCUT2D eigenvalue weighted by Gasteiger charge is 2.23. The smallest absolute Gasteiger partial charge is 0.410 e. The summed E-state index contributed by atoms with van der Waals surface area (Å²) in [5, 5.41) is 2.72. The van der Waals surface area contributed by atoms with E-state index in [1.165, 1.54) is 37.9 Å². The fourth-order valence-corrected chi connectivity index (χ4v) is 3.06. The number of rotatable bonds is 9. The third kappa shape index (κ3) is 6.19. The van der Waals surface area contributed by atoms with Gasteiger partial charge in [0, 0.05) is 18.8 Å². The average Bonchev–Trinajstić information content (AvgIpc) is 3.46. The summed E-state index contributed by atoms with van der Waals surface area (Å²) < 4.78 is 5.34. The van der Waals surface area contributed by atoms with Crippen LogP contribution in [0.25, 0.3) is 0 Å². The van der Waals surface area contributed by atoms with Crippen molar-refractivity contribution in [2.75, 3.05) is 25.0 Å². The number of nitrogens with zero attached hydrogens (tertiary/aromatic N) is 1. The first-order valence-electron chi connectivity index (χ1n) is 9.58. The Balaban J connectivity index is 1.45. The predicted molar refractivity (Wildman–Crippen MR) is 106 cm³/mol. The van der Waals surface area contributed by atoms with Crippen LogP contribution in [-0.2, 0) is 6.42 Å². The number of benzene rings is 2. The largest absolute Gasteiger partial charge is 0.417 e. The first kappa shape index (κ1) is 18.5. The normalized spacial score (nSPS) is 13.6. The van der Waals surface area contributed by atoms with Gasteiger partial charge >= 0.3 is 6.09 Å². The van der Waals surface area contributed by atoms with Gasteiger partial charge in [0.1, 0.15) is 5.75 Å². The van der Waals surface area contributed by atoms with Gasteiger partial charge in [-0.2, -0.15) is 0 Å². The van der Waals surface area contributed by atoms with E-state index in [0.29, 0.717) is 5.75 Å². The van der Waals surface area contributed by atoms with Crippen LogP contribution in [0.15, 0.2) is 54.6 Å². The number of nitrogens with one attached hydrogen (secondary N) is 1. The van der Waals surface area contributed by atoms with Crippen molar-refractivity contribution in [3.8, 4) is 5.75 Å². The Morgan fingerprint density at radius 1 is 1.08 bits per heavy atom. The first-order chi connectivity index (χ1) is 12.7. The minimum absolute atomic E-state index is 0.470. The second-order valence-electron chi connectivity index (χ2n) is 7.02. The Morgan fingerprint density at radius 3 is 2.46 bits per heavy atom. The van der Waals surface area contributed by atoms with Gasteiger partial charge in [-0.05, 0) is 68.0 Å². The molecule has 0 unspecified atom stereocenters. The molecule has 0 radical (unpaired) electrons. The first-order valence-corrected chi connectivity index (χ1v) is 9.58. The van der Waals surface area contributed by atoms with E-state index in [4.69, 9.17) is 4.74 Å². The number of hydrogen-bond donors (Lipinski definition) is 1. The number of carbonyl (C=O) groups is 1. The van der Waals surface area contributed by atoms with E-state index in [-0.39, 0.29) is 0 Å². The Bertz CT molecular complexity index is 681. The maximum atomic E-state index is 11.9. The highest BCUT2D eigenvalue weighted by atomic mass is 16.6. The van der Waals surface area contributed by atoms with Gasteiger partial charge in [-0.1, -0.05) is 37.3 Å². The van der Waals surface area contributed by atoms with Gasteiger partial charge in [0.05, 0.1) is 0 Å². The van der Waals surface area contributed by atoms with Gasteiger partial charge in [-0.3, -0.25) is 5.32 Å². The van der Waals surface area contributed by atoms with Crippen LogP contribution in [0.4, 0.5) is 10.5 Å². The van der Waals surface area contributed by atoms with Crippen LogP contribution in [0.1, 0.15) is 31.7 Å². The number of anilines is 1. The molecule has 26 heavy (non-hydrogen) atoms. The zero-order valence-corrected chi connectivity index (χ0v) is 15.5. The molecule has 1 aliphatic rings. The van der Waals surface area contributed by atoms with Crippen molar-refractivity contribution in [3.05, 3.63) is 60.2 Å². The molecule has 1 fully saturated rings. The molecule has 0 bridgehead atoms. The van der Waals surface area contributed by atoms with E-state index < -0.39 is 6.09 Å². The zero-order chi connectivity index (χ0) is 18.2. The van der Waals surface area contributed by atoms with Crippen LogP contribution in [-0.4, -0.2) is 30.6 Å². The second-order valence-corrected chi connectivity index (χ2v) is 7.02. The predicted octanol–water partition coefficient (Wildman–Crippen LogP) is 4.96. The lowest BCUT2D eigenvalue weighted by atomic mass is 10.1. The zero-order valence-electron chi connectivity index (χ0n) is 15.5. The second kappa shape index (κ2) is 9.39. The summed E-state index contributed by atoms with van der Waals surface area (Å²) in [6.07, 6.45) is 4.57.